The van der Waals surface area contributed by atoms with Crippen molar-refractivity contribution < 1.29 is 13.2 Å². The van der Waals surface area contributed by atoms with Gasteiger partial charge in [-0.15, -0.1) is 0 Å². The Morgan fingerprint density at radius 1 is 1.47 bits per heavy atom. The van der Waals surface area contributed by atoms with Gasteiger partial charge in [-0.25, -0.2) is 13.4 Å². The van der Waals surface area contributed by atoms with Crippen LogP contribution in [0.2, 0.25) is 0 Å². The van der Waals surface area contributed by atoms with E-state index in [2.05, 4.69) is 10.3 Å². The summed E-state index contributed by atoms with van der Waals surface area (Å²) < 4.78 is 27.5. The molecule has 6 heteroatoms. The predicted octanol–water partition coefficient (Wildman–Crippen LogP) is 1.33. The molecule has 1 aromatic heterocycles. The molecule has 0 unspecified atom stereocenters. The molecular formula is C11H18N2O3S. The monoisotopic (exact) mass is 258 g/mol. The number of nitrogens with one attached hydrogen (secondary N) is 1. The zero-order chi connectivity index (χ0) is 12.9. The average Bonchev–Trinajstić information content (AvgIpc) is 2.18. The van der Waals surface area contributed by atoms with Crippen molar-refractivity contribution in [1.82, 2.24) is 4.98 Å². The summed E-state index contributed by atoms with van der Waals surface area (Å²) in [6, 6.07) is 3.59. The zero-order valence-electron chi connectivity index (χ0n) is 10.3. The molecule has 0 saturated carbocycles. The number of aromatic nitrogens is 1. The molecule has 0 amide bonds. The maximum absolute atomic E-state index is 11.0. The minimum absolute atomic E-state index is 0.0281. The molecule has 96 valence electrons. The quantitative estimate of drug-likeness (QED) is 0.833. The molecule has 0 atom stereocenters. The minimum Gasteiger partial charge on any atom is -0.473 e. The largest absolute Gasteiger partial charge is 0.473 e. The Labute approximate surface area is 102 Å². The van der Waals surface area contributed by atoms with Crippen molar-refractivity contribution in [2.45, 2.75) is 20.0 Å². The molecule has 17 heavy (non-hydrogen) atoms. The van der Waals surface area contributed by atoms with E-state index in [-0.39, 0.29) is 11.9 Å². The summed E-state index contributed by atoms with van der Waals surface area (Å²) in [5.41, 5.74) is 0.713. The third-order valence-electron chi connectivity index (χ3n) is 1.91. The van der Waals surface area contributed by atoms with Crippen molar-refractivity contribution >= 4 is 15.5 Å². The van der Waals surface area contributed by atoms with Crippen LogP contribution in [0.4, 0.5) is 5.69 Å². The Morgan fingerprint density at radius 2 is 2.18 bits per heavy atom. The van der Waals surface area contributed by atoms with Gasteiger partial charge in [0.15, 0.2) is 0 Å². The first-order chi connectivity index (χ1) is 7.88. The molecule has 0 fully saturated rings. The number of ether oxygens (including phenoxy) is 1. The van der Waals surface area contributed by atoms with E-state index in [1.165, 1.54) is 6.26 Å². The molecule has 0 aromatic carbocycles. The number of pyridine rings is 1. The summed E-state index contributed by atoms with van der Waals surface area (Å²) in [7, 11) is -2.95. The van der Waals surface area contributed by atoms with Gasteiger partial charge < -0.3 is 10.1 Å². The lowest BCUT2D eigenvalue weighted by Gasteiger charge is -2.13. The van der Waals surface area contributed by atoms with Crippen LogP contribution in [0.3, 0.4) is 0 Å². The second-order valence-electron chi connectivity index (χ2n) is 4.08. The van der Waals surface area contributed by atoms with E-state index in [1.54, 1.807) is 12.3 Å². The van der Waals surface area contributed by atoms with E-state index >= 15 is 0 Å². The van der Waals surface area contributed by atoms with Gasteiger partial charge in [0, 0.05) is 19.0 Å². The van der Waals surface area contributed by atoms with Gasteiger partial charge in [0.25, 0.3) is 0 Å². The summed E-state index contributed by atoms with van der Waals surface area (Å²) in [5.74, 6) is 0.583. The van der Waals surface area contributed by atoms with Crippen LogP contribution in [0.15, 0.2) is 18.3 Å². The lowest BCUT2D eigenvalue weighted by Crippen LogP contribution is -2.16. The van der Waals surface area contributed by atoms with Gasteiger partial charge >= 0.3 is 0 Å². The molecule has 0 aliphatic heterocycles. The lowest BCUT2D eigenvalue weighted by atomic mass is 10.4. The van der Waals surface area contributed by atoms with Gasteiger partial charge in [0.2, 0.25) is 5.88 Å². The fourth-order valence-corrected chi connectivity index (χ4v) is 1.69. The van der Waals surface area contributed by atoms with E-state index in [9.17, 15) is 8.42 Å². The molecule has 0 aliphatic rings. The van der Waals surface area contributed by atoms with Crippen LogP contribution in [0.1, 0.15) is 13.8 Å². The normalized spacial score (nSPS) is 11.5. The van der Waals surface area contributed by atoms with Crippen LogP contribution >= 0.6 is 0 Å². The van der Waals surface area contributed by atoms with Crippen LogP contribution in [0.25, 0.3) is 0 Å². The molecule has 1 aromatic rings. The van der Waals surface area contributed by atoms with Crippen molar-refractivity contribution in [3.63, 3.8) is 0 Å². The molecule has 1 heterocycles. The Balaban J connectivity index is 2.64. The fourth-order valence-electron chi connectivity index (χ4n) is 1.21. The van der Waals surface area contributed by atoms with E-state index in [0.29, 0.717) is 18.1 Å². The first-order valence-electron chi connectivity index (χ1n) is 5.42. The van der Waals surface area contributed by atoms with E-state index in [1.807, 2.05) is 19.9 Å². The number of sulfone groups is 1. The van der Waals surface area contributed by atoms with Crippen LogP contribution in [0, 0.1) is 0 Å². The zero-order valence-corrected chi connectivity index (χ0v) is 11.1. The topological polar surface area (TPSA) is 68.3 Å². The maximum atomic E-state index is 11.0. The van der Waals surface area contributed by atoms with E-state index in [0.717, 1.165) is 0 Å². The van der Waals surface area contributed by atoms with Gasteiger partial charge in [0.1, 0.15) is 9.84 Å². The molecule has 0 spiro atoms. The highest BCUT2D eigenvalue weighted by atomic mass is 32.2. The number of nitrogens with zero attached hydrogens (tertiary/aromatic N) is 1. The van der Waals surface area contributed by atoms with Crippen molar-refractivity contribution in [3.8, 4) is 5.88 Å². The SMILES string of the molecule is CC(C)Oc1ncccc1NCCS(C)(=O)=O. The molecule has 0 radical (unpaired) electrons. The lowest BCUT2D eigenvalue weighted by molar-refractivity contribution is 0.234. The number of hydrogen-bond acceptors (Lipinski definition) is 5. The summed E-state index contributed by atoms with van der Waals surface area (Å²) in [6.07, 6.45) is 2.88. The second kappa shape index (κ2) is 5.86. The third kappa shape index (κ3) is 5.53. The predicted molar refractivity (Wildman–Crippen MR) is 68.2 cm³/mol. The van der Waals surface area contributed by atoms with Crippen molar-refractivity contribution in [1.29, 1.82) is 0 Å². The van der Waals surface area contributed by atoms with Crippen LogP contribution in [-0.4, -0.2) is 38.1 Å². The van der Waals surface area contributed by atoms with Gasteiger partial charge in [-0.05, 0) is 26.0 Å². The Kier molecular flexibility index (Phi) is 4.74. The van der Waals surface area contributed by atoms with Gasteiger partial charge in [-0.3, -0.25) is 0 Å². The van der Waals surface area contributed by atoms with Gasteiger partial charge in [0.05, 0.1) is 17.5 Å². The number of rotatable bonds is 6. The van der Waals surface area contributed by atoms with Gasteiger partial charge in [-0.1, -0.05) is 0 Å². The summed E-state index contributed by atoms with van der Waals surface area (Å²) in [5, 5.41) is 3.01. The highest BCUT2D eigenvalue weighted by Gasteiger charge is 2.07. The van der Waals surface area contributed by atoms with Crippen LogP contribution in [-0.2, 0) is 9.84 Å². The summed E-state index contributed by atoms with van der Waals surface area (Å²) in [6.45, 7) is 4.17. The van der Waals surface area contributed by atoms with Crippen molar-refractivity contribution in [2.24, 2.45) is 0 Å². The second-order valence-corrected chi connectivity index (χ2v) is 6.34. The Morgan fingerprint density at radius 3 is 2.76 bits per heavy atom. The van der Waals surface area contributed by atoms with Crippen LogP contribution in [0.5, 0.6) is 5.88 Å². The van der Waals surface area contributed by atoms with Crippen LogP contribution < -0.4 is 10.1 Å². The minimum atomic E-state index is -2.95. The van der Waals surface area contributed by atoms with Gasteiger partial charge in [-0.2, -0.15) is 0 Å². The Bertz CT molecular complexity index is 458. The average molecular weight is 258 g/mol. The molecule has 5 nitrogen and oxygen atoms in total. The molecule has 1 rings (SSSR count). The highest BCUT2D eigenvalue weighted by Crippen LogP contribution is 2.21. The molecule has 0 aliphatic carbocycles. The highest BCUT2D eigenvalue weighted by molar-refractivity contribution is 7.90. The number of hydrogen-bond donors (Lipinski definition) is 1. The summed E-state index contributed by atoms with van der Waals surface area (Å²) >= 11 is 0. The smallest absolute Gasteiger partial charge is 0.237 e. The number of anilines is 1. The third-order valence-corrected chi connectivity index (χ3v) is 2.85. The first kappa shape index (κ1) is 13.8. The first-order valence-corrected chi connectivity index (χ1v) is 7.48. The molecule has 0 bridgehead atoms. The Hall–Kier alpha value is -1.30. The molecule has 1 N–H and O–H groups in total. The van der Waals surface area contributed by atoms with E-state index in [4.69, 9.17) is 4.74 Å². The van der Waals surface area contributed by atoms with Crippen molar-refractivity contribution in [2.75, 3.05) is 23.9 Å². The standard InChI is InChI=1S/C11H18N2O3S/c1-9(2)16-11-10(5-4-6-13-11)12-7-8-17(3,14)15/h4-6,9,12H,7-8H2,1-3H3. The van der Waals surface area contributed by atoms with Crippen molar-refractivity contribution in [3.05, 3.63) is 18.3 Å². The summed E-state index contributed by atoms with van der Waals surface area (Å²) in [4.78, 5) is 4.10. The molecular weight excluding hydrogens is 240 g/mol. The fraction of sp³-hybridized carbons (Fsp3) is 0.545. The maximum Gasteiger partial charge on any atom is 0.237 e. The van der Waals surface area contributed by atoms with E-state index < -0.39 is 9.84 Å². The molecule has 0 saturated heterocycles.